The van der Waals surface area contributed by atoms with Crippen molar-refractivity contribution in [3.63, 3.8) is 0 Å². The molecule has 7 nitrogen and oxygen atoms in total. The molecule has 9 heteroatoms. The highest BCUT2D eigenvalue weighted by molar-refractivity contribution is 7.99. The average molecular weight is 303 g/mol. The molecule has 1 heterocycles. The minimum atomic E-state index is -3.99. The number of nitrogens with two attached hydrogens (primary N) is 1. The maximum atomic E-state index is 11.6. The zero-order valence-corrected chi connectivity index (χ0v) is 11.6. The van der Waals surface area contributed by atoms with Gasteiger partial charge in [-0.15, -0.1) is 0 Å². The fourth-order valence-electron chi connectivity index (χ4n) is 1.91. The van der Waals surface area contributed by atoms with Gasteiger partial charge in [-0.1, -0.05) is 0 Å². The molecule has 0 aromatic heterocycles. The molecule has 1 aliphatic heterocycles. The molecule has 1 aromatic carbocycles. The van der Waals surface area contributed by atoms with E-state index in [2.05, 4.69) is 0 Å². The zero-order valence-electron chi connectivity index (χ0n) is 9.98. The van der Waals surface area contributed by atoms with E-state index in [1.807, 2.05) is 4.90 Å². The van der Waals surface area contributed by atoms with Crippen LogP contribution in [0.15, 0.2) is 23.1 Å². The summed E-state index contributed by atoms with van der Waals surface area (Å²) in [6, 6.07) is 3.77. The molecule has 1 fully saturated rings. The Hall–Kier alpha value is -1.32. The fraction of sp³-hybridized carbons (Fsp3) is 0.400. The van der Waals surface area contributed by atoms with Gasteiger partial charge in [-0.25, -0.2) is 13.6 Å². The molecule has 19 heavy (non-hydrogen) atoms. The number of rotatable bonds is 3. The summed E-state index contributed by atoms with van der Waals surface area (Å²) in [6.45, 7) is 1.40. The minimum absolute atomic E-state index is 0.186. The summed E-state index contributed by atoms with van der Waals surface area (Å²) >= 11 is 1.78. The summed E-state index contributed by atoms with van der Waals surface area (Å²) in [4.78, 5) is 11.8. The van der Waals surface area contributed by atoms with Crippen LogP contribution in [0.5, 0.6) is 0 Å². The van der Waals surface area contributed by atoms with Crippen LogP contribution in [0.3, 0.4) is 0 Å². The monoisotopic (exact) mass is 303 g/mol. The summed E-state index contributed by atoms with van der Waals surface area (Å²) in [5, 5.41) is 15.9. The normalized spacial score (nSPS) is 16.4. The van der Waals surface area contributed by atoms with Crippen molar-refractivity contribution in [2.45, 2.75) is 4.90 Å². The van der Waals surface area contributed by atoms with E-state index in [4.69, 9.17) is 5.14 Å². The van der Waals surface area contributed by atoms with E-state index in [1.54, 1.807) is 11.8 Å². The largest absolute Gasteiger partial charge is 0.369 e. The molecule has 1 aliphatic rings. The highest BCUT2D eigenvalue weighted by Gasteiger charge is 2.23. The zero-order chi connectivity index (χ0) is 14.0. The second-order valence-electron chi connectivity index (χ2n) is 4.05. The minimum Gasteiger partial charge on any atom is -0.369 e. The first-order chi connectivity index (χ1) is 8.89. The number of non-ortho nitro benzene ring substituents is 1. The van der Waals surface area contributed by atoms with Crippen LogP contribution in [-0.2, 0) is 10.0 Å². The van der Waals surface area contributed by atoms with Gasteiger partial charge in [-0.2, -0.15) is 11.8 Å². The van der Waals surface area contributed by atoms with Crippen molar-refractivity contribution in [2.75, 3.05) is 29.5 Å². The van der Waals surface area contributed by atoms with Gasteiger partial charge in [0.15, 0.2) is 0 Å². The Kier molecular flexibility index (Phi) is 3.97. The predicted octanol–water partition coefficient (Wildman–Crippen LogP) is 0.795. The highest BCUT2D eigenvalue weighted by Crippen LogP contribution is 2.30. The maximum Gasteiger partial charge on any atom is 0.270 e. The van der Waals surface area contributed by atoms with Crippen LogP contribution in [0.1, 0.15) is 0 Å². The van der Waals surface area contributed by atoms with E-state index in [0.29, 0.717) is 18.8 Å². The van der Waals surface area contributed by atoms with Crippen LogP contribution >= 0.6 is 11.8 Å². The van der Waals surface area contributed by atoms with Crippen molar-refractivity contribution in [2.24, 2.45) is 5.14 Å². The van der Waals surface area contributed by atoms with Gasteiger partial charge in [0, 0.05) is 36.7 Å². The number of hydrogen-bond donors (Lipinski definition) is 1. The van der Waals surface area contributed by atoms with Crippen molar-refractivity contribution in [1.29, 1.82) is 0 Å². The molecule has 0 spiro atoms. The summed E-state index contributed by atoms with van der Waals surface area (Å²) in [5.41, 5.74) is 0.160. The van der Waals surface area contributed by atoms with E-state index in [9.17, 15) is 18.5 Å². The van der Waals surface area contributed by atoms with E-state index in [1.165, 1.54) is 12.1 Å². The van der Waals surface area contributed by atoms with Gasteiger partial charge in [0.1, 0.15) is 4.90 Å². The molecule has 0 unspecified atom stereocenters. The number of nitrogens with zero attached hydrogens (tertiary/aromatic N) is 2. The van der Waals surface area contributed by atoms with Crippen molar-refractivity contribution in [3.05, 3.63) is 28.3 Å². The number of nitro benzene ring substituents is 1. The van der Waals surface area contributed by atoms with Crippen molar-refractivity contribution < 1.29 is 13.3 Å². The van der Waals surface area contributed by atoms with E-state index in [0.717, 1.165) is 17.6 Å². The Morgan fingerprint density at radius 2 is 1.95 bits per heavy atom. The quantitative estimate of drug-likeness (QED) is 0.653. The average Bonchev–Trinajstić information content (AvgIpc) is 2.38. The smallest absolute Gasteiger partial charge is 0.270 e. The molecule has 0 radical (unpaired) electrons. The van der Waals surface area contributed by atoms with E-state index >= 15 is 0 Å². The third kappa shape index (κ3) is 3.17. The van der Waals surface area contributed by atoms with Crippen molar-refractivity contribution >= 4 is 33.2 Å². The Morgan fingerprint density at radius 1 is 1.32 bits per heavy atom. The first-order valence-electron chi connectivity index (χ1n) is 5.53. The van der Waals surface area contributed by atoms with Gasteiger partial charge in [0.05, 0.1) is 10.6 Å². The standard InChI is InChI=1S/C10H13N3O4S2/c11-19(16,17)10-7-8(13(14)15)1-2-9(10)12-3-5-18-6-4-12/h1-2,7H,3-6H2,(H2,11,16,17). The number of nitro groups is 1. The number of thioether (sulfide) groups is 1. The van der Waals surface area contributed by atoms with Gasteiger partial charge in [0.25, 0.3) is 5.69 Å². The van der Waals surface area contributed by atoms with E-state index in [-0.39, 0.29) is 10.6 Å². The Balaban J connectivity index is 2.50. The Bertz CT molecular complexity index is 597. The van der Waals surface area contributed by atoms with Crippen molar-refractivity contribution in [1.82, 2.24) is 0 Å². The highest BCUT2D eigenvalue weighted by atomic mass is 32.2. The lowest BCUT2D eigenvalue weighted by atomic mass is 10.2. The van der Waals surface area contributed by atoms with Crippen LogP contribution in [0.25, 0.3) is 0 Å². The van der Waals surface area contributed by atoms with Gasteiger partial charge >= 0.3 is 0 Å². The molecular weight excluding hydrogens is 290 g/mol. The lowest BCUT2D eigenvalue weighted by Crippen LogP contribution is -2.34. The molecule has 0 saturated carbocycles. The molecule has 0 amide bonds. The van der Waals surface area contributed by atoms with Crippen LogP contribution in [0, 0.1) is 10.1 Å². The lowest BCUT2D eigenvalue weighted by Gasteiger charge is -2.29. The molecular formula is C10H13N3O4S2. The predicted molar refractivity (Wildman–Crippen MR) is 74.0 cm³/mol. The van der Waals surface area contributed by atoms with Crippen LogP contribution < -0.4 is 10.0 Å². The molecule has 2 rings (SSSR count). The summed E-state index contributed by atoms with van der Waals surface area (Å²) in [7, 11) is -3.99. The molecule has 0 bridgehead atoms. The summed E-state index contributed by atoms with van der Waals surface area (Å²) in [6.07, 6.45) is 0. The number of hydrogen-bond acceptors (Lipinski definition) is 6. The van der Waals surface area contributed by atoms with E-state index < -0.39 is 14.9 Å². The maximum absolute atomic E-state index is 11.6. The lowest BCUT2D eigenvalue weighted by molar-refractivity contribution is -0.385. The second kappa shape index (κ2) is 5.35. The third-order valence-corrected chi connectivity index (χ3v) is 4.70. The first kappa shape index (κ1) is 14.1. The molecule has 104 valence electrons. The molecule has 2 N–H and O–H groups in total. The molecule has 0 atom stereocenters. The molecule has 1 aromatic rings. The molecule has 0 aliphatic carbocycles. The van der Waals surface area contributed by atoms with Crippen molar-refractivity contribution in [3.8, 4) is 0 Å². The van der Waals surface area contributed by atoms with Gasteiger partial charge in [0.2, 0.25) is 10.0 Å². The van der Waals surface area contributed by atoms with Crippen LogP contribution in [-0.4, -0.2) is 37.9 Å². The van der Waals surface area contributed by atoms with Gasteiger partial charge < -0.3 is 4.90 Å². The topological polar surface area (TPSA) is 107 Å². The summed E-state index contributed by atoms with van der Waals surface area (Å²) in [5.74, 6) is 1.78. The Labute approximate surface area is 115 Å². The number of anilines is 1. The molecule has 1 saturated heterocycles. The SMILES string of the molecule is NS(=O)(=O)c1cc([N+](=O)[O-])ccc1N1CCSCC1. The van der Waals surface area contributed by atoms with Gasteiger partial charge in [-0.3, -0.25) is 10.1 Å². The number of primary sulfonamides is 1. The number of benzene rings is 1. The van der Waals surface area contributed by atoms with Crippen LogP contribution in [0.2, 0.25) is 0 Å². The first-order valence-corrected chi connectivity index (χ1v) is 8.23. The fourth-order valence-corrected chi connectivity index (χ4v) is 3.59. The third-order valence-electron chi connectivity index (χ3n) is 2.81. The van der Waals surface area contributed by atoms with Gasteiger partial charge in [-0.05, 0) is 6.07 Å². The second-order valence-corrected chi connectivity index (χ2v) is 6.81. The van der Waals surface area contributed by atoms with Crippen LogP contribution in [0.4, 0.5) is 11.4 Å². The Morgan fingerprint density at radius 3 is 2.47 bits per heavy atom. The number of sulfonamides is 1. The summed E-state index contributed by atoms with van der Waals surface area (Å²) < 4.78 is 23.2.